The predicted octanol–water partition coefficient (Wildman–Crippen LogP) is -0.472. The minimum absolute atomic E-state index is 0.171. The molecule has 0 aliphatic carbocycles. The van der Waals surface area contributed by atoms with E-state index >= 15 is 0 Å². The number of carboxylic acid groups (broad SMARTS) is 1. The van der Waals surface area contributed by atoms with E-state index < -0.39 is 12.1 Å². The van der Waals surface area contributed by atoms with Gasteiger partial charge in [-0.15, -0.1) is 0 Å². The number of quaternary nitrogens is 1. The number of rotatable bonds is 4. The van der Waals surface area contributed by atoms with E-state index in [0.717, 1.165) is 0 Å². The zero-order chi connectivity index (χ0) is 9.07. The van der Waals surface area contributed by atoms with Crippen LogP contribution in [0.3, 0.4) is 0 Å². The van der Waals surface area contributed by atoms with E-state index in [-0.39, 0.29) is 6.42 Å². The van der Waals surface area contributed by atoms with Gasteiger partial charge < -0.3 is 14.7 Å². The number of aliphatic carboxylic acids is 1. The summed E-state index contributed by atoms with van der Waals surface area (Å²) in [6.45, 7) is 0.465. The number of likely N-dealkylation sites (N-methyl/N-ethyl adjacent to an activating group) is 1. The van der Waals surface area contributed by atoms with Crippen LogP contribution in [0, 0.1) is 0 Å². The smallest absolute Gasteiger partial charge is 0.306 e. The fraction of sp³-hybridized carbons (Fsp3) is 0.857. The standard InChI is InChI=1S/C7H15NO3/c1-8(2,3)5-6(9)4-7(10)11/h6,9H,4-5H2,1-3H3/p+1/i1-1. The monoisotopic (exact) mass is 161 g/mol. The summed E-state index contributed by atoms with van der Waals surface area (Å²) in [7, 11) is 5.72. The molecule has 0 aromatic heterocycles. The quantitative estimate of drug-likeness (QED) is 0.548. The van der Waals surface area contributed by atoms with E-state index in [0.29, 0.717) is 11.0 Å². The molecule has 4 nitrogen and oxygen atoms in total. The molecule has 1 unspecified atom stereocenters. The van der Waals surface area contributed by atoms with E-state index in [9.17, 15) is 4.79 Å². The first-order valence-corrected chi connectivity index (χ1v) is 3.51. The summed E-state index contributed by atoms with van der Waals surface area (Å²) in [5, 5.41) is 17.5. The van der Waals surface area contributed by atoms with Gasteiger partial charge in [0.1, 0.15) is 12.6 Å². The van der Waals surface area contributed by atoms with Crippen molar-refractivity contribution in [3.63, 3.8) is 0 Å². The Hall–Kier alpha value is -0.610. The molecule has 0 rings (SSSR count). The molecular weight excluding hydrogens is 145 g/mol. The minimum atomic E-state index is -0.953. The van der Waals surface area contributed by atoms with Crippen molar-refractivity contribution in [1.29, 1.82) is 0 Å². The maximum atomic E-state index is 10.1. The van der Waals surface area contributed by atoms with E-state index in [1.54, 1.807) is 0 Å². The largest absolute Gasteiger partial charge is 0.481 e. The summed E-state index contributed by atoms with van der Waals surface area (Å²) >= 11 is 0. The van der Waals surface area contributed by atoms with Gasteiger partial charge in [-0.25, -0.2) is 0 Å². The Morgan fingerprint density at radius 2 is 1.91 bits per heavy atom. The second-order valence-corrected chi connectivity index (χ2v) is 3.72. The molecule has 0 amide bonds. The van der Waals surface area contributed by atoms with Crippen LogP contribution in [-0.4, -0.2) is 54.5 Å². The zero-order valence-electron chi connectivity index (χ0n) is 7.24. The summed E-state index contributed by atoms with van der Waals surface area (Å²) in [6, 6.07) is 0. The molecule has 0 heterocycles. The fourth-order valence-corrected chi connectivity index (χ4v) is 0.898. The normalized spacial score (nSPS) is 14.5. The second kappa shape index (κ2) is 3.69. The van der Waals surface area contributed by atoms with Crippen molar-refractivity contribution in [3.8, 4) is 0 Å². The van der Waals surface area contributed by atoms with Crippen LogP contribution in [0.4, 0.5) is 0 Å². The Morgan fingerprint density at radius 1 is 1.45 bits per heavy atom. The number of hydrogen-bond donors (Lipinski definition) is 2. The predicted molar refractivity (Wildman–Crippen MR) is 41.2 cm³/mol. The van der Waals surface area contributed by atoms with E-state index in [1.807, 2.05) is 21.1 Å². The summed E-state index contributed by atoms with van der Waals surface area (Å²) in [5.74, 6) is -0.953. The molecule has 0 radical (unpaired) electrons. The van der Waals surface area contributed by atoms with Gasteiger partial charge in [0.05, 0.1) is 27.6 Å². The maximum Gasteiger partial charge on any atom is 0.306 e. The highest BCUT2D eigenvalue weighted by Gasteiger charge is 2.17. The molecule has 1 atom stereocenters. The van der Waals surface area contributed by atoms with E-state index in [1.165, 1.54) is 0 Å². The van der Waals surface area contributed by atoms with Gasteiger partial charge in [-0.05, 0) is 0 Å². The van der Waals surface area contributed by atoms with E-state index in [2.05, 4.69) is 0 Å². The Labute approximate surface area is 66.6 Å². The van der Waals surface area contributed by atoms with Gasteiger partial charge in [-0.1, -0.05) is 0 Å². The molecule has 0 aliphatic rings. The number of carboxylic acids is 1. The topological polar surface area (TPSA) is 57.5 Å². The van der Waals surface area contributed by atoms with Crippen LogP contribution in [0.25, 0.3) is 0 Å². The molecular formula is C7H16NO3+. The molecule has 0 bridgehead atoms. The van der Waals surface area contributed by atoms with Gasteiger partial charge in [-0.3, -0.25) is 4.79 Å². The molecule has 0 fully saturated rings. The van der Waals surface area contributed by atoms with Crippen molar-refractivity contribution in [2.45, 2.75) is 12.5 Å². The molecule has 4 heteroatoms. The lowest BCUT2D eigenvalue weighted by atomic mass is 10.2. The number of carbonyl (C=O) groups is 1. The van der Waals surface area contributed by atoms with Crippen LogP contribution in [-0.2, 0) is 4.79 Å². The van der Waals surface area contributed by atoms with Gasteiger partial charge in [0.25, 0.3) is 0 Å². The van der Waals surface area contributed by atoms with Gasteiger partial charge in [0.2, 0.25) is 0 Å². The van der Waals surface area contributed by atoms with Crippen LogP contribution in [0.15, 0.2) is 0 Å². The molecule has 0 saturated carbocycles. The van der Waals surface area contributed by atoms with Crippen LogP contribution in [0.1, 0.15) is 6.42 Å². The highest BCUT2D eigenvalue weighted by molar-refractivity contribution is 5.67. The third kappa shape index (κ3) is 7.29. The van der Waals surface area contributed by atoms with Crippen LogP contribution in [0.2, 0.25) is 0 Å². The molecule has 0 aromatic carbocycles. The first kappa shape index (κ1) is 10.4. The molecule has 66 valence electrons. The zero-order valence-corrected chi connectivity index (χ0v) is 7.24. The van der Waals surface area contributed by atoms with Crippen LogP contribution in [0.5, 0.6) is 0 Å². The molecule has 0 aliphatic heterocycles. The number of aliphatic hydroxyl groups is 1. The summed E-state index contributed by atoms with van der Waals surface area (Å²) in [5.41, 5.74) is 0. The minimum Gasteiger partial charge on any atom is -0.481 e. The highest BCUT2D eigenvalue weighted by Crippen LogP contribution is 1.98. The van der Waals surface area contributed by atoms with Crippen LogP contribution < -0.4 is 0 Å². The molecule has 0 aromatic rings. The van der Waals surface area contributed by atoms with Gasteiger partial charge in [-0.2, -0.15) is 0 Å². The average Bonchev–Trinajstić information content (AvgIpc) is 1.53. The fourth-order valence-electron chi connectivity index (χ4n) is 0.898. The Bertz CT molecular complexity index is 139. The Kier molecular flexibility index (Phi) is 3.48. The summed E-state index contributed by atoms with van der Waals surface area (Å²) < 4.78 is 0.578. The first-order valence-electron chi connectivity index (χ1n) is 3.51. The molecule has 2 N–H and O–H groups in total. The lowest BCUT2D eigenvalue weighted by Gasteiger charge is -2.25. The third-order valence-electron chi connectivity index (χ3n) is 1.17. The van der Waals surface area contributed by atoms with Gasteiger partial charge >= 0.3 is 5.97 Å². The SMILES string of the molecule is C[N+](C)([11CH3])CC(O)CC(=O)O. The van der Waals surface area contributed by atoms with Gasteiger partial charge in [0.15, 0.2) is 0 Å². The van der Waals surface area contributed by atoms with Crippen molar-refractivity contribution >= 4 is 5.97 Å². The van der Waals surface area contributed by atoms with Crippen molar-refractivity contribution in [2.24, 2.45) is 0 Å². The summed E-state index contributed by atoms with van der Waals surface area (Å²) in [6.07, 6.45) is -0.914. The number of hydrogen-bond acceptors (Lipinski definition) is 2. The number of aliphatic hydroxyl groups excluding tert-OH is 1. The third-order valence-corrected chi connectivity index (χ3v) is 1.17. The van der Waals surface area contributed by atoms with E-state index in [4.69, 9.17) is 10.2 Å². The lowest BCUT2D eigenvalue weighted by Crippen LogP contribution is -2.42. The highest BCUT2D eigenvalue weighted by atomic mass is 16.4. The second-order valence-electron chi connectivity index (χ2n) is 3.72. The van der Waals surface area contributed by atoms with Crippen molar-refractivity contribution < 1.29 is 19.5 Å². The Balaban J connectivity index is 3.69. The van der Waals surface area contributed by atoms with Gasteiger partial charge in [0, 0.05) is 0 Å². The first-order chi connectivity index (χ1) is 4.81. The lowest BCUT2D eigenvalue weighted by molar-refractivity contribution is -0.873. The molecule has 0 saturated heterocycles. The summed E-state index contributed by atoms with van der Waals surface area (Å²) in [4.78, 5) is 10.1. The Morgan fingerprint density at radius 3 is 2.18 bits per heavy atom. The molecule has 0 spiro atoms. The molecule has 11 heavy (non-hydrogen) atoms. The van der Waals surface area contributed by atoms with Crippen molar-refractivity contribution in [1.82, 2.24) is 0 Å². The maximum absolute atomic E-state index is 10.1. The van der Waals surface area contributed by atoms with Crippen molar-refractivity contribution in [3.05, 3.63) is 0 Å². The average molecular weight is 161 g/mol. The van der Waals surface area contributed by atoms with Crippen LogP contribution >= 0.6 is 0 Å². The number of nitrogens with zero attached hydrogens (tertiary/aromatic N) is 1. The van der Waals surface area contributed by atoms with Crippen molar-refractivity contribution in [2.75, 3.05) is 27.7 Å².